The van der Waals surface area contributed by atoms with Gasteiger partial charge in [0.1, 0.15) is 23.3 Å². The largest absolute Gasteiger partial charge is 0.507 e. The number of likely N-dealkylation sites (tertiary alicyclic amines) is 1. The number of halogens is 2. The van der Waals surface area contributed by atoms with Crippen molar-refractivity contribution < 1.29 is 28.6 Å². The maximum Gasteiger partial charge on any atom is 0.296 e. The molecular formula is C24H19Cl2NO6. The van der Waals surface area contributed by atoms with Crippen molar-refractivity contribution in [2.75, 3.05) is 14.2 Å². The van der Waals surface area contributed by atoms with Gasteiger partial charge < -0.3 is 23.9 Å². The van der Waals surface area contributed by atoms with Gasteiger partial charge in [-0.3, -0.25) is 9.59 Å². The summed E-state index contributed by atoms with van der Waals surface area (Å²) in [5.74, 6) is -0.799. The molecule has 1 aliphatic rings. The highest BCUT2D eigenvalue weighted by atomic mass is 35.5. The van der Waals surface area contributed by atoms with Crippen LogP contribution in [-0.4, -0.2) is 35.9 Å². The Morgan fingerprint density at radius 2 is 1.73 bits per heavy atom. The fraction of sp³-hybridized carbons (Fsp3) is 0.167. The summed E-state index contributed by atoms with van der Waals surface area (Å²) < 4.78 is 15.8. The molecule has 0 radical (unpaired) electrons. The molecular weight excluding hydrogens is 469 g/mol. The molecule has 3 aromatic rings. The van der Waals surface area contributed by atoms with Gasteiger partial charge in [-0.25, -0.2) is 0 Å². The van der Waals surface area contributed by atoms with Crippen molar-refractivity contribution >= 4 is 40.7 Å². The lowest BCUT2D eigenvalue weighted by Crippen LogP contribution is -2.29. The normalized spacial score (nSPS) is 17.5. The number of rotatable bonds is 6. The van der Waals surface area contributed by atoms with E-state index in [-0.39, 0.29) is 33.5 Å². The number of hydrogen-bond donors (Lipinski definition) is 1. The topological polar surface area (TPSA) is 89.2 Å². The zero-order valence-corrected chi connectivity index (χ0v) is 19.2. The fourth-order valence-electron chi connectivity index (χ4n) is 3.76. The first-order valence-electron chi connectivity index (χ1n) is 9.83. The summed E-state index contributed by atoms with van der Waals surface area (Å²) >= 11 is 12.4. The van der Waals surface area contributed by atoms with E-state index >= 15 is 0 Å². The van der Waals surface area contributed by atoms with Crippen LogP contribution >= 0.6 is 23.2 Å². The van der Waals surface area contributed by atoms with Crippen molar-refractivity contribution in [2.24, 2.45) is 0 Å². The summed E-state index contributed by atoms with van der Waals surface area (Å²) in [7, 11) is 2.97. The first kappa shape index (κ1) is 22.8. The van der Waals surface area contributed by atoms with Gasteiger partial charge in [-0.1, -0.05) is 35.3 Å². The second kappa shape index (κ2) is 9.21. The number of aliphatic hydroxyl groups is 1. The van der Waals surface area contributed by atoms with Gasteiger partial charge in [0.25, 0.3) is 11.7 Å². The van der Waals surface area contributed by atoms with E-state index in [0.29, 0.717) is 11.5 Å². The Bertz CT molecular complexity index is 1210. The zero-order chi connectivity index (χ0) is 23.7. The number of methoxy groups -OCH3 is 2. The van der Waals surface area contributed by atoms with Crippen molar-refractivity contribution in [2.45, 2.75) is 12.6 Å². The van der Waals surface area contributed by atoms with E-state index in [9.17, 15) is 14.7 Å². The molecule has 1 atom stereocenters. The van der Waals surface area contributed by atoms with Crippen molar-refractivity contribution in [1.29, 1.82) is 0 Å². The summed E-state index contributed by atoms with van der Waals surface area (Å²) in [6, 6.07) is 12.3. The molecule has 2 heterocycles. The van der Waals surface area contributed by atoms with E-state index in [4.69, 9.17) is 37.1 Å². The predicted molar refractivity (Wildman–Crippen MR) is 123 cm³/mol. The minimum Gasteiger partial charge on any atom is -0.507 e. The first-order chi connectivity index (χ1) is 15.8. The Labute approximate surface area is 199 Å². The SMILES string of the molecule is COc1ccc(CN2C(=O)C(=O)/C(=C(\O)c3cc(Cl)c(OC)c(Cl)c3)C2c2ccco2)cc1. The summed E-state index contributed by atoms with van der Waals surface area (Å²) in [5.41, 5.74) is 0.815. The van der Waals surface area contributed by atoms with Gasteiger partial charge in [-0.2, -0.15) is 0 Å². The molecule has 7 nitrogen and oxygen atoms in total. The van der Waals surface area contributed by atoms with Gasteiger partial charge in [0.15, 0.2) is 5.75 Å². The quantitative estimate of drug-likeness (QED) is 0.291. The smallest absolute Gasteiger partial charge is 0.296 e. The lowest BCUT2D eigenvalue weighted by Gasteiger charge is -2.23. The van der Waals surface area contributed by atoms with Gasteiger partial charge in [0.05, 0.1) is 36.1 Å². The number of benzene rings is 2. The summed E-state index contributed by atoms with van der Waals surface area (Å²) in [5, 5.41) is 11.4. The maximum atomic E-state index is 13.1. The van der Waals surface area contributed by atoms with Crippen molar-refractivity contribution in [1.82, 2.24) is 4.90 Å². The van der Waals surface area contributed by atoms with Crippen LogP contribution in [-0.2, 0) is 16.1 Å². The van der Waals surface area contributed by atoms with E-state index in [2.05, 4.69) is 0 Å². The molecule has 0 spiro atoms. The highest BCUT2D eigenvalue weighted by Gasteiger charge is 2.47. The molecule has 1 aliphatic heterocycles. The molecule has 0 aliphatic carbocycles. The molecule has 0 bridgehead atoms. The van der Waals surface area contributed by atoms with Crippen LogP contribution in [0.4, 0.5) is 0 Å². The Balaban J connectivity index is 1.81. The standard InChI is InChI=1S/C24H19Cl2NO6/c1-31-15-7-5-13(6-8-15)12-27-20(18-4-3-9-33-18)19(22(29)24(27)30)21(28)14-10-16(25)23(32-2)17(26)11-14/h3-11,20,28H,12H2,1-2H3/b21-19-. The number of ether oxygens (including phenoxy) is 2. The van der Waals surface area contributed by atoms with E-state index in [0.717, 1.165) is 5.56 Å². The molecule has 9 heteroatoms. The van der Waals surface area contributed by atoms with Crippen LogP contribution in [0.15, 0.2) is 64.8 Å². The summed E-state index contributed by atoms with van der Waals surface area (Å²) in [4.78, 5) is 27.4. The molecule has 1 saturated heterocycles. The third-order valence-corrected chi connectivity index (χ3v) is 5.90. The molecule has 4 rings (SSSR count). The lowest BCUT2D eigenvalue weighted by molar-refractivity contribution is -0.140. The van der Waals surface area contributed by atoms with Gasteiger partial charge in [0, 0.05) is 12.1 Å². The monoisotopic (exact) mass is 487 g/mol. The Kier molecular flexibility index (Phi) is 6.35. The van der Waals surface area contributed by atoms with Gasteiger partial charge in [0.2, 0.25) is 0 Å². The van der Waals surface area contributed by atoms with Crippen LogP contribution in [0.5, 0.6) is 11.5 Å². The second-order valence-corrected chi connectivity index (χ2v) is 8.08. The molecule has 33 heavy (non-hydrogen) atoms. The van der Waals surface area contributed by atoms with Crippen molar-refractivity contribution in [3.63, 3.8) is 0 Å². The van der Waals surface area contributed by atoms with Crippen LogP contribution in [0.1, 0.15) is 22.9 Å². The average Bonchev–Trinajstić information content (AvgIpc) is 3.42. The average molecular weight is 488 g/mol. The Hall–Kier alpha value is -3.42. The number of amides is 1. The van der Waals surface area contributed by atoms with E-state index in [1.165, 1.54) is 30.4 Å². The molecule has 0 saturated carbocycles. The summed E-state index contributed by atoms with van der Waals surface area (Å²) in [6.45, 7) is 0.112. The number of aliphatic hydroxyl groups excluding tert-OH is 1. The van der Waals surface area contributed by atoms with Crippen molar-refractivity contribution in [3.05, 3.63) is 87.3 Å². The van der Waals surface area contributed by atoms with E-state index in [1.807, 2.05) is 0 Å². The number of carbonyl (C=O) groups is 2. The molecule has 170 valence electrons. The highest BCUT2D eigenvalue weighted by Crippen LogP contribution is 2.42. The predicted octanol–water partition coefficient (Wildman–Crippen LogP) is 5.23. The number of ketones is 1. The molecule has 1 fully saturated rings. The zero-order valence-electron chi connectivity index (χ0n) is 17.7. The Morgan fingerprint density at radius 3 is 2.27 bits per heavy atom. The molecule has 1 unspecified atom stereocenters. The minimum absolute atomic E-state index is 0.112. The van der Waals surface area contributed by atoms with Crippen LogP contribution in [0.3, 0.4) is 0 Å². The van der Waals surface area contributed by atoms with Gasteiger partial charge in [-0.05, 0) is 42.0 Å². The third kappa shape index (κ3) is 4.17. The van der Waals surface area contributed by atoms with Gasteiger partial charge in [-0.15, -0.1) is 0 Å². The fourth-order valence-corrected chi connectivity index (χ4v) is 4.40. The molecule has 1 N–H and O–H groups in total. The number of carbonyl (C=O) groups excluding carboxylic acids is 2. The van der Waals surface area contributed by atoms with Gasteiger partial charge >= 0.3 is 0 Å². The van der Waals surface area contributed by atoms with Crippen molar-refractivity contribution in [3.8, 4) is 11.5 Å². The molecule has 1 amide bonds. The number of nitrogens with zero attached hydrogens (tertiary/aromatic N) is 1. The molecule has 1 aromatic heterocycles. The lowest BCUT2D eigenvalue weighted by atomic mass is 9.99. The number of Topliss-reactive ketones (excluding diaryl/α,β-unsaturated/α-hetero) is 1. The van der Waals surface area contributed by atoms with E-state index < -0.39 is 23.5 Å². The number of hydrogen-bond acceptors (Lipinski definition) is 6. The van der Waals surface area contributed by atoms with E-state index in [1.54, 1.807) is 43.5 Å². The maximum absolute atomic E-state index is 13.1. The van der Waals surface area contributed by atoms with Crippen LogP contribution in [0.2, 0.25) is 10.0 Å². The highest BCUT2D eigenvalue weighted by molar-refractivity contribution is 6.46. The molecule has 2 aromatic carbocycles. The summed E-state index contributed by atoms with van der Waals surface area (Å²) in [6.07, 6.45) is 1.43. The second-order valence-electron chi connectivity index (χ2n) is 7.26. The third-order valence-electron chi connectivity index (χ3n) is 5.34. The van der Waals surface area contributed by atoms with Crippen LogP contribution < -0.4 is 9.47 Å². The van der Waals surface area contributed by atoms with Crippen LogP contribution in [0, 0.1) is 0 Å². The minimum atomic E-state index is -0.943. The Morgan fingerprint density at radius 1 is 1.06 bits per heavy atom. The van der Waals surface area contributed by atoms with Crippen LogP contribution in [0.25, 0.3) is 5.76 Å². The first-order valence-corrected chi connectivity index (χ1v) is 10.6. The number of furan rings is 1.